The lowest BCUT2D eigenvalue weighted by atomic mass is 10.1. The van der Waals surface area contributed by atoms with E-state index in [2.05, 4.69) is 29.8 Å². The summed E-state index contributed by atoms with van der Waals surface area (Å²) in [5.41, 5.74) is 3.92. The van der Waals surface area contributed by atoms with Gasteiger partial charge in [0.15, 0.2) is 0 Å². The summed E-state index contributed by atoms with van der Waals surface area (Å²) < 4.78 is 63.8. The van der Waals surface area contributed by atoms with Crippen LogP contribution in [0.3, 0.4) is 0 Å². The third-order valence-corrected chi connectivity index (χ3v) is 6.98. The van der Waals surface area contributed by atoms with Crippen LogP contribution >= 0.6 is 0 Å². The molecule has 0 spiro atoms. The number of pyridine rings is 1. The average Bonchev–Trinajstić information content (AvgIpc) is 3.33. The van der Waals surface area contributed by atoms with Crippen LogP contribution in [-0.2, 0) is 11.2 Å². The summed E-state index contributed by atoms with van der Waals surface area (Å²) in [5, 5.41) is 0. The first kappa shape index (κ1) is 27.6. The quantitative estimate of drug-likeness (QED) is 0.317. The summed E-state index contributed by atoms with van der Waals surface area (Å²) in [6.07, 6.45) is -5.37. The normalized spacial score (nSPS) is 15.6. The maximum Gasteiger partial charge on any atom is 0.397 e. The number of fused-ring (bicyclic) bond motifs is 1. The van der Waals surface area contributed by atoms with Crippen molar-refractivity contribution in [3.8, 4) is 11.3 Å². The second-order valence-corrected chi connectivity index (χ2v) is 9.69. The summed E-state index contributed by atoms with van der Waals surface area (Å²) in [5.74, 6) is -0.212. The molecular formula is C27H26F5N7O. The molecule has 1 saturated heterocycles. The van der Waals surface area contributed by atoms with E-state index in [9.17, 15) is 26.7 Å². The Balaban J connectivity index is 1.25. The number of carbonyl (C=O) groups is 1. The first-order valence-corrected chi connectivity index (χ1v) is 12.7. The molecule has 13 heteroatoms. The Morgan fingerprint density at radius 2 is 1.80 bits per heavy atom. The number of nitrogens with zero attached hydrogens (tertiary/aromatic N) is 6. The summed E-state index contributed by atoms with van der Waals surface area (Å²) in [7, 11) is 0. The average molecular weight is 560 g/mol. The predicted octanol–water partition coefficient (Wildman–Crippen LogP) is 5.10. The Hall–Kier alpha value is -4.00. The summed E-state index contributed by atoms with van der Waals surface area (Å²) in [4.78, 5) is 35.4. The number of imidazole rings is 1. The van der Waals surface area contributed by atoms with Crippen LogP contribution in [0.5, 0.6) is 0 Å². The Labute approximate surface area is 226 Å². The van der Waals surface area contributed by atoms with Gasteiger partial charge in [0.25, 0.3) is 6.43 Å². The smallest absolute Gasteiger partial charge is 0.342 e. The fourth-order valence-corrected chi connectivity index (χ4v) is 4.83. The minimum Gasteiger partial charge on any atom is -0.342 e. The molecule has 1 fully saturated rings. The number of halogens is 5. The van der Waals surface area contributed by atoms with Crippen LogP contribution in [0, 0.1) is 0 Å². The minimum atomic E-state index is -4.51. The first-order valence-electron chi connectivity index (χ1n) is 12.7. The van der Waals surface area contributed by atoms with E-state index < -0.39 is 24.9 Å². The second kappa shape index (κ2) is 11.2. The largest absolute Gasteiger partial charge is 0.397 e. The standard InChI is InChI=1S/C27H26F5N7O/c1-16(38-6-8-39(9-7-38)25(40)14-27(30,31)32)17-4-5-33-19(10-17)12-24-36-20-3-2-18(11-22(20)37-24)21-13-23(26(28)29)35-15-34-21/h2-5,10-11,13,15-16,26H,6-9,12,14H2,1H3,(H,36,37). The van der Waals surface area contributed by atoms with Crippen LogP contribution in [-0.4, -0.2) is 73.0 Å². The Morgan fingerprint density at radius 3 is 2.52 bits per heavy atom. The zero-order valence-electron chi connectivity index (χ0n) is 21.5. The molecule has 210 valence electrons. The van der Waals surface area contributed by atoms with E-state index in [-0.39, 0.29) is 24.8 Å². The van der Waals surface area contributed by atoms with E-state index in [1.807, 2.05) is 19.1 Å². The highest BCUT2D eigenvalue weighted by atomic mass is 19.4. The molecule has 0 bridgehead atoms. The molecule has 1 unspecified atom stereocenters. The highest BCUT2D eigenvalue weighted by molar-refractivity contribution is 5.81. The van der Waals surface area contributed by atoms with Gasteiger partial charge in [0.1, 0.15) is 24.3 Å². The number of aromatic nitrogens is 5. The second-order valence-electron chi connectivity index (χ2n) is 9.69. The van der Waals surface area contributed by atoms with Crippen LogP contribution in [0.4, 0.5) is 22.0 Å². The molecule has 4 heterocycles. The van der Waals surface area contributed by atoms with Crippen LogP contribution in [0.1, 0.15) is 48.6 Å². The molecule has 1 aliphatic rings. The van der Waals surface area contributed by atoms with Crippen molar-refractivity contribution in [2.24, 2.45) is 0 Å². The monoisotopic (exact) mass is 559 g/mol. The van der Waals surface area contributed by atoms with Gasteiger partial charge in [-0.05, 0) is 42.8 Å². The Morgan fingerprint density at radius 1 is 1.02 bits per heavy atom. The molecule has 4 aromatic rings. The molecule has 0 saturated carbocycles. The first-order chi connectivity index (χ1) is 19.1. The number of hydrogen-bond donors (Lipinski definition) is 1. The molecule has 8 nitrogen and oxygen atoms in total. The predicted molar refractivity (Wildman–Crippen MR) is 136 cm³/mol. The lowest BCUT2D eigenvalue weighted by molar-refractivity contribution is -0.162. The Kier molecular flexibility index (Phi) is 7.74. The molecule has 3 aromatic heterocycles. The molecule has 40 heavy (non-hydrogen) atoms. The van der Waals surface area contributed by atoms with Crippen molar-refractivity contribution in [2.75, 3.05) is 26.2 Å². The number of hydrogen-bond acceptors (Lipinski definition) is 6. The maximum absolute atomic E-state index is 13.0. The van der Waals surface area contributed by atoms with Crippen molar-refractivity contribution in [1.82, 2.24) is 34.7 Å². The Bertz CT molecular complexity index is 1500. The van der Waals surface area contributed by atoms with Gasteiger partial charge >= 0.3 is 6.18 Å². The fourth-order valence-electron chi connectivity index (χ4n) is 4.83. The van der Waals surface area contributed by atoms with E-state index in [0.29, 0.717) is 42.1 Å². The van der Waals surface area contributed by atoms with Crippen molar-refractivity contribution >= 4 is 16.9 Å². The van der Waals surface area contributed by atoms with Crippen LogP contribution < -0.4 is 0 Å². The number of benzene rings is 1. The highest BCUT2D eigenvalue weighted by Gasteiger charge is 2.35. The molecule has 1 amide bonds. The van der Waals surface area contributed by atoms with Gasteiger partial charge in [0, 0.05) is 56.1 Å². The summed E-state index contributed by atoms with van der Waals surface area (Å²) >= 11 is 0. The topological polar surface area (TPSA) is 90.9 Å². The van der Waals surface area contributed by atoms with E-state index in [0.717, 1.165) is 23.1 Å². The third kappa shape index (κ3) is 6.41. The number of rotatable bonds is 7. The summed E-state index contributed by atoms with van der Waals surface area (Å²) in [6, 6.07) is 10.5. The number of nitrogens with one attached hydrogen (secondary N) is 1. The highest BCUT2D eigenvalue weighted by Crippen LogP contribution is 2.27. The van der Waals surface area contributed by atoms with Crippen LogP contribution in [0.15, 0.2) is 48.9 Å². The number of carbonyl (C=O) groups excluding carboxylic acids is 1. The number of piperazine rings is 1. The van der Waals surface area contributed by atoms with Gasteiger partial charge in [-0.25, -0.2) is 23.7 Å². The maximum atomic E-state index is 13.0. The lowest BCUT2D eigenvalue weighted by Crippen LogP contribution is -2.50. The van der Waals surface area contributed by atoms with Gasteiger partial charge in [0.2, 0.25) is 5.91 Å². The molecule has 1 aromatic carbocycles. The van der Waals surface area contributed by atoms with Gasteiger partial charge in [-0.15, -0.1) is 0 Å². The molecule has 5 rings (SSSR count). The number of amides is 1. The molecule has 1 aliphatic heterocycles. The number of H-pyrrole nitrogens is 1. The van der Waals surface area contributed by atoms with Gasteiger partial charge in [-0.3, -0.25) is 14.7 Å². The van der Waals surface area contributed by atoms with Gasteiger partial charge in [-0.2, -0.15) is 13.2 Å². The fraction of sp³-hybridized carbons (Fsp3) is 0.370. The number of aromatic amines is 1. The van der Waals surface area contributed by atoms with Crippen molar-refractivity contribution in [2.45, 2.75) is 38.4 Å². The van der Waals surface area contributed by atoms with Crippen LogP contribution in [0.25, 0.3) is 22.3 Å². The van der Waals surface area contributed by atoms with Crippen molar-refractivity contribution in [1.29, 1.82) is 0 Å². The zero-order valence-corrected chi connectivity index (χ0v) is 21.5. The van der Waals surface area contributed by atoms with E-state index in [4.69, 9.17) is 0 Å². The molecule has 0 radical (unpaired) electrons. The SMILES string of the molecule is CC(c1ccnc(Cc2nc3ccc(-c4cc(C(F)F)ncn4)cc3[nH]2)c1)N1CCN(C(=O)CC(F)(F)F)CC1. The van der Waals surface area contributed by atoms with Gasteiger partial charge < -0.3 is 9.88 Å². The molecule has 1 N–H and O–H groups in total. The van der Waals surface area contributed by atoms with E-state index in [1.165, 1.54) is 11.0 Å². The van der Waals surface area contributed by atoms with Crippen molar-refractivity contribution in [3.63, 3.8) is 0 Å². The molecular weight excluding hydrogens is 533 g/mol. The van der Waals surface area contributed by atoms with E-state index in [1.54, 1.807) is 24.4 Å². The molecule has 1 atom stereocenters. The van der Waals surface area contributed by atoms with Crippen molar-refractivity contribution < 1.29 is 26.7 Å². The lowest BCUT2D eigenvalue weighted by Gasteiger charge is -2.38. The zero-order chi connectivity index (χ0) is 28.4. The summed E-state index contributed by atoms with van der Waals surface area (Å²) in [6.45, 7) is 3.45. The number of alkyl halides is 5. The van der Waals surface area contributed by atoms with E-state index >= 15 is 0 Å². The van der Waals surface area contributed by atoms with Crippen molar-refractivity contribution in [3.05, 3.63) is 71.7 Å². The van der Waals surface area contributed by atoms with Gasteiger partial charge in [0.05, 0.1) is 16.7 Å². The minimum absolute atomic E-state index is 0.0224. The molecule has 0 aliphatic carbocycles. The van der Waals surface area contributed by atoms with Gasteiger partial charge in [-0.1, -0.05) is 6.07 Å². The van der Waals surface area contributed by atoms with Crippen LogP contribution in [0.2, 0.25) is 0 Å². The third-order valence-electron chi connectivity index (χ3n) is 6.98.